The van der Waals surface area contributed by atoms with E-state index in [1.54, 1.807) is 24.3 Å². The van der Waals surface area contributed by atoms with Gasteiger partial charge in [0.2, 0.25) is 5.91 Å². The molecule has 1 aliphatic heterocycles. The van der Waals surface area contributed by atoms with Crippen LogP contribution < -0.4 is 10.6 Å². The minimum atomic E-state index is -0.141. The van der Waals surface area contributed by atoms with Gasteiger partial charge in [-0.1, -0.05) is 13.0 Å². The van der Waals surface area contributed by atoms with Crippen LogP contribution in [0.15, 0.2) is 24.3 Å². The molecular formula is C19H30N4O2. The molecule has 6 nitrogen and oxygen atoms in total. The van der Waals surface area contributed by atoms with E-state index in [2.05, 4.69) is 27.4 Å². The lowest BCUT2D eigenvalue weighted by molar-refractivity contribution is -0.114. The summed E-state index contributed by atoms with van der Waals surface area (Å²) in [5, 5.41) is 5.65. The summed E-state index contributed by atoms with van der Waals surface area (Å²) in [7, 11) is 0. The molecule has 2 rings (SSSR count). The Labute approximate surface area is 150 Å². The average Bonchev–Trinajstić information content (AvgIpc) is 2.61. The predicted molar refractivity (Wildman–Crippen MR) is 101 cm³/mol. The standard InChI is InChI=1S/C19H30N4O2/c1-3-22-11-13-23(14-12-22)10-5-4-9-20-19(25)17-7-6-8-18(15-17)21-16(2)24/h6-8,15H,3-5,9-14H2,1-2H3,(H,20,25)(H,21,24). The SMILES string of the molecule is CCN1CCN(CCCCNC(=O)c2cccc(NC(C)=O)c2)CC1. The minimum absolute atomic E-state index is 0.0937. The molecule has 0 saturated carbocycles. The van der Waals surface area contributed by atoms with Crippen LogP contribution in [0, 0.1) is 0 Å². The fourth-order valence-electron chi connectivity index (χ4n) is 3.03. The van der Waals surface area contributed by atoms with Gasteiger partial charge in [0.1, 0.15) is 0 Å². The molecule has 0 atom stereocenters. The molecule has 1 fully saturated rings. The van der Waals surface area contributed by atoms with Gasteiger partial charge in [0, 0.05) is 50.9 Å². The van der Waals surface area contributed by atoms with Gasteiger partial charge in [-0.3, -0.25) is 9.59 Å². The van der Waals surface area contributed by atoms with Crippen molar-refractivity contribution in [2.24, 2.45) is 0 Å². The zero-order chi connectivity index (χ0) is 18.1. The summed E-state index contributed by atoms with van der Waals surface area (Å²) in [6.45, 7) is 11.2. The Morgan fingerprint density at radius 1 is 1.08 bits per heavy atom. The summed E-state index contributed by atoms with van der Waals surface area (Å²) >= 11 is 0. The van der Waals surface area contributed by atoms with Crippen LogP contribution in [0.2, 0.25) is 0 Å². The largest absolute Gasteiger partial charge is 0.352 e. The van der Waals surface area contributed by atoms with E-state index in [1.807, 2.05) is 0 Å². The Morgan fingerprint density at radius 2 is 1.80 bits per heavy atom. The van der Waals surface area contributed by atoms with E-state index in [4.69, 9.17) is 0 Å². The highest BCUT2D eigenvalue weighted by molar-refractivity contribution is 5.96. The summed E-state index contributed by atoms with van der Waals surface area (Å²) in [6, 6.07) is 7.00. The number of hydrogen-bond acceptors (Lipinski definition) is 4. The highest BCUT2D eigenvalue weighted by atomic mass is 16.2. The number of hydrogen-bond donors (Lipinski definition) is 2. The second-order valence-corrected chi connectivity index (χ2v) is 6.50. The number of nitrogens with zero attached hydrogens (tertiary/aromatic N) is 2. The summed E-state index contributed by atoms with van der Waals surface area (Å²) in [4.78, 5) is 28.2. The molecule has 0 bridgehead atoms. The van der Waals surface area contributed by atoms with Gasteiger partial charge in [-0.15, -0.1) is 0 Å². The van der Waals surface area contributed by atoms with Crippen LogP contribution in [0.1, 0.15) is 37.0 Å². The van der Waals surface area contributed by atoms with Gasteiger partial charge in [0.25, 0.3) is 5.91 Å². The molecule has 1 aromatic rings. The van der Waals surface area contributed by atoms with Crippen LogP contribution in [-0.2, 0) is 4.79 Å². The van der Waals surface area contributed by atoms with Crippen molar-refractivity contribution in [2.75, 3.05) is 51.1 Å². The number of likely N-dealkylation sites (N-methyl/N-ethyl adjacent to an activating group) is 1. The van der Waals surface area contributed by atoms with Crippen LogP contribution >= 0.6 is 0 Å². The first-order chi connectivity index (χ1) is 12.1. The van der Waals surface area contributed by atoms with E-state index in [0.29, 0.717) is 17.8 Å². The smallest absolute Gasteiger partial charge is 0.251 e. The molecule has 0 radical (unpaired) electrons. The first-order valence-corrected chi connectivity index (χ1v) is 9.19. The predicted octanol–water partition coefficient (Wildman–Crippen LogP) is 1.79. The van der Waals surface area contributed by atoms with E-state index >= 15 is 0 Å². The Kier molecular flexibility index (Phi) is 7.88. The molecule has 0 spiro atoms. The summed E-state index contributed by atoms with van der Waals surface area (Å²) in [5.74, 6) is -0.235. The van der Waals surface area contributed by atoms with Gasteiger partial charge in [-0.2, -0.15) is 0 Å². The van der Waals surface area contributed by atoms with Crippen molar-refractivity contribution in [2.45, 2.75) is 26.7 Å². The van der Waals surface area contributed by atoms with Gasteiger partial charge in [0.05, 0.1) is 0 Å². The molecule has 25 heavy (non-hydrogen) atoms. The lowest BCUT2D eigenvalue weighted by atomic mass is 10.2. The molecule has 0 aliphatic carbocycles. The van der Waals surface area contributed by atoms with Gasteiger partial charge < -0.3 is 20.4 Å². The number of carbonyl (C=O) groups excluding carboxylic acids is 2. The molecule has 1 saturated heterocycles. The van der Waals surface area contributed by atoms with Crippen LogP contribution in [0.3, 0.4) is 0 Å². The number of nitrogens with one attached hydrogen (secondary N) is 2. The van der Waals surface area contributed by atoms with E-state index in [-0.39, 0.29) is 11.8 Å². The van der Waals surface area contributed by atoms with Crippen molar-refractivity contribution in [3.63, 3.8) is 0 Å². The number of unbranched alkanes of at least 4 members (excludes halogenated alkanes) is 1. The number of piperazine rings is 1. The second kappa shape index (κ2) is 10.2. The van der Waals surface area contributed by atoms with Crippen molar-refractivity contribution >= 4 is 17.5 Å². The Morgan fingerprint density at radius 3 is 2.48 bits per heavy atom. The molecule has 2 N–H and O–H groups in total. The van der Waals surface area contributed by atoms with Crippen LogP contribution in [0.25, 0.3) is 0 Å². The van der Waals surface area contributed by atoms with Crippen LogP contribution in [0.4, 0.5) is 5.69 Å². The third-order valence-electron chi connectivity index (χ3n) is 4.54. The van der Waals surface area contributed by atoms with Gasteiger partial charge in [-0.25, -0.2) is 0 Å². The Hall–Kier alpha value is -1.92. The van der Waals surface area contributed by atoms with Crippen molar-refractivity contribution in [1.82, 2.24) is 15.1 Å². The van der Waals surface area contributed by atoms with Gasteiger partial charge >= 0.3 is 0 Å². The molecule has 2 amide bonds. The molecule has 0 aromatic heterocycles. The highest BCUT2D eigenvalue weighted by Crippen LogP contribution is 2.10. The van der Waals surface area contributed by atoms with Crippen molar-refractivity contribution in [1.29, 1.82) is 0 Å². The number of benzene rings is 1. The van der Waals surface area contributed by atoms with E-state index in [0.717, 1.165) is 52.1 Å². The molecule has 6 heteroatoms. The molecule has 0 unspecified atom stereocenters. The number of amides is 2. The summed E-state index contributed by atoms with van der Waals surface area (Å²) in [6.07, 6.45) is 2.07. The lowest BCUT2D eigenvalue weighted by Gasteiger charge is -2.33. The minimum Gasteiger partial charge on any atom is -0.352 e. The highest BCUT2D eigenvalue weighted by Gasteiger charge is 2.14. The molecular weight excluding hydrogens is 316 g/mol. The van der Waals surface area contributed by atoms with Gasteiger partial charge in [-0.05, 0) is 44.1 Å². The fraction of sp³-hybridized carbons (Fsp3) is 0.579. The normalized spacial score (nSPS) is 15.8. The zero-order valence-electron chi connectivity index (χ0n) is 15.4. The maximum atomic E-state index is 12.2. The third kappa shape index (κ3) is 6.84. The quantitative estimate of drug-likeness (QED) is 0.705. The number of rotatable bonds is 8. The molecule has 138 valence electrons. The van der Waals surface area contributed by atoms with Crippen LogP contribution in [0.5, 0.6) is 0 Å². The maximum Gasteiger partial charge on any atom is 0.251 e. The topological polar surface area (TPSA) is 64.7 Å². The van der Waals surface area contributed by atoms with E-state index in [1.165, 1.54) is 6.92 Å². The Balaban J connectivity index is 1.63. The first-order valence-electron chi connectivity index (χ1n) is 9.19. The fourth-order valence-corrected chi connectivity index (χ4v) is 3.03. The monoisotopic (exact) mass is 346 g/mol. The van der Waals surface area contributed by atoms with Crippen LogP contribution in [-0.4, -0.2) is 67.4 Å². The maximum absolute atomic E-state index is 12.2. The Bertz CT molecular complexity index is 568. The van der Waals surface area contributed by atoms with E-state index in [9.17, 15) is 9.59 Å². The number of carbonyl (C=O) groups is 2. The molecule has 1 heterocycles. The number of anilines is 1. The van der Waals surface area contributed by atoms with Crippen molar-refractivity contribution in [3.8, 4) is 0 Å². The lowest BCUT2D eigenvalue weighted by Crippen LogP contribution is -2.46. The second-order valence-electron chi connectivity index (χ2n) is 6.50. The zero-order valence-corrected chi connectivity index (χ0v) is 15.4. The summed E-state index contributed by atoms with van der Waals surface area (Å²) < 4.78 is 0. The van der Waals surface area contributed by atoms with Crippen molar-refractivity contribution < 1.29 is 9.59 Å². The summed E-state index contributed by atoms with van der Waals surface area (Å²) in [5.41, 5.74) is 1.22. The van der Waals surface area contributed by atoms with Crippen molar-refractivity contribution in [3.05, 3.63) is 29.8 Å². The molecule has 1 aromatic carbocycles. The molecule has 1 aliphatic rings. The average molecular weight is 346 g/mol. The third-order valence-corrected chi connectivity index (χ3v) is 4.54. The van der Waals surface area contributed by atoms with E-state index < -0.39 is 0 Å². The first kappa shape index (κ1) is 19.4. The van der Waals surface area contributed by atoms with Gasteiger partial charge in [0.15, 0.2) is 0 Å².